The number of fused-ring (bicyclic) bond motifs is 1. The van der Waals surface area contributed by atoms with E-state index in [2.05, 4.69) is 15.8 Å². The molecule has 0 unspecified atom stereocenters. The summed E-state index contributed by atoms with van der Waals surface area (Å²) in [6.45, 7) is 0. The molecule has 166 valence electrons. The minimum atomic E-state index is -4.72. The van der Waals surface area contributed by atoms with Crippen LogP contribution in [0.2, 0.25) is 0 Å². The van der Waals surface area contributed by atoms with E-state index < -0.39 is 17.8 Å². The van der Waals surface area contributed by atoms with Crippen molar-refractivity contribution in [3.05, 3.63) is 89.9 Å². The number of ether oxygens (including phenoxy) is 1. The molecule has 0 bridgehead atoms. The number of halogens is 3. The standard InChI is InChI=1S/C23H16F3N5O2/c24-23(25,26)19-13-17(33-18-9-10-28-16(12-18)14-27)7-8-20(19)29-30-22(32)31-11-3-5-15-4-1-2-6-21(15)31/h1-4,6-13,29H,5H2,(H,30,32). The van der Waals surface area contributed by atoms with Gasteiger partial charge in [0.15, 0.2) is 0 Å². The van der Waals surface area contributed by atoms with Crippen molar-refractivity contribution in [1.82, 2.24) is 10.4 Å². The first-order valence-corrected chi connectivity index (χ1v) is 9.70. The average molecular weight is 451 g/mol. The van der Waals surface area contributed by atoms with Gasteiger partial charge in [-0.25, -0.2) is 9.78 Å². The Labute approximate surface area is 186 Å². The van der Waals surface area contributed by atoms with Gasteiger partial charge in [-0.1, -0.05) is 24.3 Å². The first-order valence-electron chi connectivity index (χ1n) is 9.70. The Morgan fingerprint density at radius 1 is 1.12 bits per heavy atom. The summed E-state index contributed by atoms with van der Waals surface area (Å²) in [5.41, 5.74) is 4.90. The van der Waals surface area contributed by atoms with Crippen LogP contribution in [0, 0.1) is 11.3 Å². The Kier molecular flexibility index (Phi) is 5.87. The van der Waals surface area contributed by atoms with Crippen molar-refractivity contribution in [2.45, 2.75) is 12.6 Å². The summed E-state index contributed by atoms with van der Waals surface area (Å²) < 4.78 is 46.5. The number of para-hydroxylation sites is 1. The zero-order valence-electron chi connectivity index (χ0n) is 16.9. The highest BCUT2D eigenvalue weighted by Gasteiger charge is 2.34. The topological polar surface area (TPSA) is 90.3 Å². The number of nitriles is 1. The van der Waals surface area contributed by atoms with Crippen molar-refractivity contribution in [2.75, 3.05) is 10.3 Å². The van der Waals surface area contributed by atoms with Crippen molar-refractivity contribution in [2.24, 2.45) is 0 Å². The minimum absolute atomic E-state index is 0.0675. The lowest BCUT2D eigenvalue weighted by molar-refractivity contribution is -0.137. The molecule has 0 spiro atoms. The second-order valence-corrected chi connectivity index (χ2v) is 6.94. The first-order chi connectivity index (χ1) is 15.8. The molecular weight excluding hydrogens is 435 g/mol. The molecule has 2 aromatic carbocycles. The average Bonchev–Trinajstić information content (AvgIpc) is 2.82. The zero-order chi connectivity index (χ0) is 23.4. The highest BCUT2D eigenvalue weighted by atomic mass is 19.4. The number of amides is 2. The molecule has 1 aromatic heterocycles. The molecule has 0 fully saturated rings. The summed E-state index contributed by atoms with van der Waals surface area (Å²) in [7, 11) is 0. The number of nitrogens with zero attached hydrogens (tertiary/aromatic N) is 3. The van der Waals surface area contributed by atoms with Crippen LogP contribution in [0.5, 0.6) is 11.5 Å². The van der Waals surface area contributed by atoms with Gasteiger partial charge in [0.1, 0.15) is 23.3 Å². The fraction of sp³-hybridized carbons (Fsp3) is 0.0870. The maximum absolute atomic E-state index is 13.7. The lowest BCUT2D eigenvalue weighted by Gasteiger charge is -2.25. The predicted octanol–water partition coefficient (Wildman–Crippen LogP) is 5.38. The van der Waals surface area contributed by atoms with E-state index in [-0.39, 0.29) is 22.9 Å². The normalized spacial score (nSPS) is 12.5. The summed E-state index contributed by atoms with van der Waals surface area (Å²) >= 11 is 0. The summed E-state index contributed by atoms with van der Waals surface area (Å²) in [6, 6.07) is 14.4. The van der Waals surface area contributed by atoms with Crippen LogP contribution in [-0.2, 0) is 12.6 Å². The zero-order valence-corrected chi connectivity index (χ0v) is 16.9. The summed E-state index contributed by atoms with van der Waals surface area (Å²) in [4.78, 5) is 17.7. The number of allylic oxidation sites excluding steroid dienone is 1. The van der Waals surface area contributed by atoms with Crippen molar-refractivity contribution >= 4 is 17.4 Å². The molecule has 0 saturated carbocycles. The van der Waals surface area contributed by atoms with Gasteiger partial charge in [-0.15, -0.1) is 0 Å². The number of urea groups is 1. The van der Waals surface area contributed by atoms with Gasteiger partial charge in [-0.3, -0.25) is 15.8 Å². The van der Waals surface area contributed by atoms with Gasteiger partial charge in [0.2, 0.25) is 0 Å². The van der Waals surface area contributed by atoms with E-state index in [0.717, 1.165) is 17.7 Å². The van der Waals surface area contributed by atoms with Gasteiger partial charge in [0.25, 0.3) is 0 Å². The molecular formula is C23H16F3N5O2. The molecule has 1 aliphatic rings. The number of hydrogen-bond acceptors (Lipinski definition) is 5. The lowest BCUT2D eigenvalue weighted by atomic mass is 10.1. The fourth-order valence-corrected chi connectivity index (χ4v) is 3.24. The second-order valence-electron chi connectivity index (χ2n) is 6.94. The molecule has 2 heterocycles. The van der Waals surface area contributed by atoms with Gasteiger partial charge in [-0.2, -0.15) is 18.4 Å². The number of nitrogens with one attached hydrogen (secondary N) is 2. The highest BCUT2D eigenvalue weighted by Crippen LogP contribution is 2.38. The largest absolute Gasteiger partial charge is 0.457 e. The van der Waals surface area contributed by atoms with Crippen LogP contribution < -0.4 is 20.5 Å². The Bertz CT molecular complexity index is 1270. The van der Waals surface area contributed by atoms with Crippen LogP contribution in [-0.4, -0.2) is 11.0 Å². The number of hydrazine groups is 1. The molecule has 0 saturated heterocycles. The second kappa shape index (κ2) is 8.92. The maximum Gasteiger partial charge on any atom is 0.418 e. The number of benzene rings is 2. The smallest absolute Gasteiger partial charge is 0.418 e. The van der Waals surface area contributed by atoms with Crippen LogP contribution in [0.3, 0.4) is 0 Å². The predicted molar refractivity (Wildman–Crippen MR) is 114 cm³/mol. The van der Waals surface area contributed by atoms with E-state index >= 15 is 0 Å². The van der Waals surface area contributed by atoms with Gasteiger partial charge in [0.05, 0.1) is 16.9 Å². The molecule has 3 aromatic rings. The SMILES string of the molecule is N#Cc1cc(Oc2ccc(NNC(=O)N3C=CCc4ccccc43)c(C(F)(F)F)c2)ccn1. The maximum atomic E-state index is 13.7. The number of aromatic nitrogens is 1. The number of alkyl halides is 3. The van der Waals surface area contributed by atoms with Gasteiger partial charge in [-0.05, 0) is 42.3 Å². The van der Waals surface area contributed by atoms with E-state index in [4.69, 9.17) is 10.00 Å². The van der Waals surface area contributed by atoms with Crippen molar-refractivity contribution in [3.63, 3.8) is 0 Å². The molecule has 1 aliphatic heterocycles. The molecule has 2 amide bonds. The van der Waals surface area contributed by atoms with Crippen LogP contribution >= 0.6 is 0 Å². The molecule has 4 rings (SSSR count). The summed E-state index contributed by atoms with van der Waals surface area (Å²) in [5.74, 6) is 0.0708. The van der Waals surface area contributed by atoms with E-state index in [9.17, 15) is 18.0 Å². The molecule has 2 N–H and O–H groups in total. The molecule has 0 radical (unpaired) electrons. The highest BCUT2D eigenvalue weighted by molar-refractivity contribution is 5.95. The number of hydrogen-bond donors (Lipinski definition) is 2. The number of pyridine rings is 1. The number of rotatable bonds is 4. The molecule has 0 aliphatic carbocycles. The van der Waals surface area contributed by atoms with Gasteiger partial charge < -0.3 is 4.74 Å². The lowest BCUT2D eigenvalue weighted by Crippen LogP contribution is -2.41. The van der Waals surface area contributed by atoms with Crippen molar-refractivity contribution in [3.8, 4) is 17.6 Å². The van der Waals surface area contributed by atoms with Crippen LogP contribution in [0.4, 0.5) is 29.3 Å². The van der Waals surface area contributed by atoms with Crippen molar-refractivity contribution < 1.29 is 22.7 Å². The van der Waals surface area contributed by atoms with E-state index in [0.29, 0.717) is 12.1 Å². The summed E-state index contributed by atoms with van der Waals surface area (Å²) in [6.07, 6.45) is 0.592. The Morgan fingerprint density at radius 2 is 1.91 bits per heavy atom. The third kappa shape index (κ3) is 4.88. The number of anilines is 2. The van der Waals surface area contributed by atoms with Gasteiger partial charge >= 0.3 is 12.2 Å². The fourth-order valence-electron chi connectivity index (χ4n) is 3.24. The van der Waals surface area contributed by atoms with Crippen LogP contribution in [0.15, 0.2) is 73.1 Å². The van der Waals surface area contributed by atoms with Crippen LogP contribution in [0.1, 0.15) is 16.8 Å². The molecule has 10 heteroatoms. The molecule has 7 nitrogen and oxygen atoms in total. The number of carbonyl (C=O) groups is 1. The van der Waals surface area contributed by atoms with Crippen LogP contribution in [0.25, 0.3) is 0 Å². The monoisotopic (exact) mass is 451 g/mol. The third-order valence-corrected chi connectivity index (χ3v) is 4.74. The van der Waals surface area contributed by atoms with E-state index in [1.165, 1.54) is 29.3 Å². The van der Waals surface area contributed by atoms with E-state index in [1.54, 1.807) is 24.4 Å². The Hall–Kier alpha value is -4.52. The molecule has 33 heavy (non-hydrogen) atoms. The van der Waals surface area contributed by atoms with Crippen molar-refractivity contribution in [1.29, 1.82) is 5.26 Å². The number of carbonyl (C=O) groups excluding carboxylic acids is 1. The Morgan fingerprint density at radius 3 is 2.70 bits per heavy atom. The van der Waals surface area contributed by atoms with Gasteiger partial charge in [0, 0.05) is 18.5 Å². The third-order valence-electron chi connectivity index (χ3n) is 4.74. The molecule has 0 atom stereocenters. The quantitative estimate of drug-likeness (QED) is 0.520. The van der Waals surface area contributed by atoms with E-state index in [1.807, 2.05) is 18.2 Å². The Balaban J connectivity index is 1.53. The summed E-state index contributed by atoms with van der Waals surface area (Å²) in [5, 5.41) is 8.90. The first kappa shape index (κ1) is 21.7. The minimum Gasteiger partial charge on any atom is -0.457 e.